The van der Waals surface area contributed by atoms with Crippen LogP contribution in [0, 0.1) is 11.6 Å². The Labute approximate surface area is 205 Å². The Bertz CT molecular complexity index is 1330. The number of benzene rings is 2. The van der Waals surface area contributed by atoms with Crippen LogP contribution in [-0.4, -0.2) is 38.0 Å². The normalized spacial score (nSPS) is 13.8. The first-order valence-corrected chi connectivity index (χ1v) is 10.8. The zero-order valence-electron chi connectivity index (χ0n) is 19.0. The predicted octanol–water partition coefficient (Wildman–Crippen LogP) is 6.09. The van der Waals surface area contributed by atoms with Crippen molar-refractivity contribution >= 4 is 0 Å². The maximum absolute atomic E-state index is 15.9. The lowest BCUT2D eigenvalue weighted by molar-refractivity contribution is -0.153. The predicted molar refractivity (Wildman–Crippen MR) is 117 cm³/mol. The van der Waals surface area contributed by atoms with Crippen LogP contribution >= 0.6 is 0 Å². The summed E-state index contributed by atoms with van der Waals surface area (Å²) in [5.41, 5.74) is -0.241. The number of hydrogen-bond donors (Lipinski definition) is 0. The fourth-order valence-corrected chi connectivity index (χ4v) is 3.85. The molecule has 0 spiro atoms. The van der Waals surface area contributed by atoms with Crippen LogP contribution in [0.25, 0.3) is 11.1 Å². The molecule has 2 atom stereocenters. The van der Waals surface area contributed by atoms with Gasteiger partial charge in [0.15, 0.2) is 6.61 Å². The molecular formula is C24H18F7N5O. The van der Waals surface area contributed by atoms with Gasteiger partial charge in [0.25, 0.3) is 5.92 Å². The van der Waals surface area contributed by atoms with Gasteiger partial charge in [-0.2, -0.15) is 22.0 Å². The Hall–Kier alpha value is -4.03. The van der Waals surface area contributed by atoms with Gasteiger partial charge in [-0.3, -0.25) is 4.98 Å². The third-order valence-electron chi connectivity index (χ3n) is 5.65. The van der Waals surface area contributed by atoms with Crippen LogP contribution in [0.2, 0.25) is 0 Å². The number of alkyl halides is 5. The Morgan fingerprint density at radius 2 is 1.62 bits per heavy atom. The van der Waals surface area contributed by atoms with Crippen LogP contribution in [0.3, 0.4) is 0 Å². The number of aromatic nitrogens is 5. The van der Waals surface area contributed by atoms with Gasteiger partial charge in [-0.25, -0.2) is 13.5 Å². The highest BCUT2D eigenvalue weighted by atomic mass is 19.4. The highest BCUT2D eigenvalue weighted by Crippen LogP contribution is 2.48. The van der Waals surface area contributed by atoms with Crippen molar-refractivity contribution < 1.29 is 35.5 Å². The molecule has 37 heavy (non-hydrogen) atoms. The molecule has 4 rings (SSSR count). The van der Waals surface area contributed by atoms with Crippen molar-refractivity contribution in [3.8, 4) is 16.9 Å². The Morgan fingerprint density at radius 1 is 0.919 bits per heavy atom. The molecule has 2 heterocycles. The monoisotopic (exact) mass is 525 g/mol. The zero-order valence-corrected chi connectivity index (χ0v) is 19.0. The van der Waals surface area contributed by atoms with E-state index in [1.165, 1.54) is 37.3 Å². The molecule has 6 nitrogen and oxygen atoms in total. The second-order valence-electron chi connectivity index (χ2n) is 8.16. The molecule has 0 aliphatic carbocycles. The molecule has 2 aromatic heterocycles. The van der Waals surface area contributed by atoms with E-state index in [0.717, 1.165) is 35.4 Å². The molecule has 0 aliphatic rings. The highest BCUT2D eigenvalue weighted by Gasteiger charge is 2.48. The molecule has 0 fully saturated rings. The standard InChI is InChI=1S/C24H18F7N5O/c1-14(36-13-33-34-35-36)22(19-8-5-17(25)10-20(19)26)24(30,31)21-9-4-16(11-32-21)15-2-6-18(7-3-15)37-12-23(27,28)29/h2-11,13-14,22H,12H2,1H3/t14-,22?/m0/s1. The number of pyridine rings is 1. The lowest BCUT2D eigenvalue weighted by atomic mass is 9.84. The van der Waals surface area contributed by atoms with E-state index >= 15 is 8.78 Å². The third kappa shape index (κ3) is 5.87. The van der Waals surface area contributed by atoms with Crippen LogP contribution in [0.5, 0.6) is 5.75 Å². The summed E-state index contributed by atoms with van der Waals surface area (Å²) in [6.45, 7) is -0.0783. The second kappa shape index (κ2) is 10.1. The van der Waals surface area contributed by atoms with Crippen LogP contribution < -0.4 is 4.74 Å². The summed E-state index contributed by atoms with van der Waals surface area (Å²) in [4.78, 5) is 3.89. The van der Waals surface area contributed by atoms with Crippen LogP contribution in [0.15, 0.2) is 67.1 Å². The molecule has 1 unspecified atom stereocenters. The average molecular weight is 525 g/mol. The SMILES string of the molecule is C[C@@H](C(c1ccc(F)cc1F)C(F)(F)c1ccc(-c2ccc(OCC(F)(F)F)cc2)cn1)n1cnnn1. The van der Waals surface area contributed by atoms with Crippen molar-refractivity contribution in [2.45, 2.75) is 31.0 Å². The fraction of sp³-hybridized carbons (Fsp3) is 0.250. The molecule has 0 N–H and O–H groups in total. The van der Waals surface area contributed by atoms with Gasteiger partial charge in [-0.15, -0.1) is 5.10 Å². The van der Waals surface area contributed by atoms with Gasteiger partial charge in [0.05, 0.1) is 12.0 Å². The van der Waals surface area contributed by atoms with E-state index in [1.54, 1.807) is 0 Å². The first-order chi connectivity index (χ1) is 17.5. The lowest BCUT2D eigenvalue weighted by Gasteiger charge is -2.31. The van der Waals surface area contributed by atoms with E-state index < -0.39 is 53.6 Å². The first kappa shape index (κ1) is 26.0. The first-order valence-electron chi connectivity index (χ1n) is 10.8. The third-order valence-corrected chi connectivity index (χ3v) is 5.65. The fourth-order valence-electron chi connectivity index (χ4n) is 3.85. The zero-order chi connectivity index (χ0) is 26.8. The van der Waals surface area contributed by atoms with Gasteiger partial charge >= 0.3 is 6.18 Å². The van der Waals surface area contributed by atoms with Crippen molar-refractivity contribution in [2.24, 2.45) is 0 Å². The van der Waals surface area contributed by atoms with Gasteiger partial charge in [-0.1, -0.05) is 24.3 Å². The molecule has 0 radical (unpaired) electrons. The van der Waals surface area contributed by atoms with E-state index in [9.17, 15) is 22.0 Å². The van der Waals surface area contributed by atoms with Gasteiger partial charge in [0, 0.05) is 17.8 Å². The van der Waals surface area contributed by atoms with Crippen LogP contribution in [0.4, 0.5) is 30.7 Å². The van der Waals surface area contributed by atoms with Gasteiger partial charge in [0.1, 0.15) is 29.4 Å². The summed E-state index contributed by atoms with van der Waals surface area (Å²) in [7, 11) is 0. The minimum atomic E-state index is -4.49. The van der Waals surface area contributed by atoms with Crippen molar-refractivity contribution in [2.75, 3.05) is 6.61 Å². The quantitative estimate of drug-likeness (QED) is 0.261. The van der Waals surface area contributed by atoms with E-state index in [2.05, 4.69) is 25.2 Å². The summed E-state index contributed by atoms with van der Waals surface area (Å²) < 4.78 is 103. The summed E-state index contributed by atoms with van der Waals surface area (Å²) in [6, 6.07) is 9.13. The number of rotatable bonds is 8. The number of tetrazole rings is 1. The summed E-state index contributed by atoms with van der Waals surface area (Å²) in [6.07, 6.45) is -2.22. The maximum atomic E-state index is 15.9. The van der Waals surface area contributed by atoms with E-state index in [0.29, 0.717) is 17.2 Å². The van der Waals surface area contributed by atoms with Crippen molar-refractivity contribution in [1.82, 2.24) is 25.2 Å². The van der Waals surface area contributed by atoms with Crippen molar-refractivity contribution in [3.05, 3.63) is 90.0 Å². The van der Waals surface area contributed by atoms with E-state index in [1.807, 2.05) is 0 Å². The Kier molecular flexibility index (Phi) is 7.14. The molecular weight excluding hydrogens is 507 g/mol. The maximum Gasteiger partial charge on any atom is 0.422 e. The van der Waals surface area contributed by atoms with Gasteiger partial charge < -0.3 is 4.74 Å². The highest BCUT2D eigenvalue weighted by molar-refractivity contribution is 5.63. The smallest absolute Gasteiger partial charge is 0.422 e. The van der Waals surface area contributed by atoms with Crippen molar-refractivity contribution in [1.29, 1.82) is 0 Å². The summed E-state index contributed by atoms with van der Waals surface area (Å²) >= 11 is 0. The number of nitrogens with zero attached hydrogens (tertiary/aromatic N) is 5. The molecule has 13 heteroatoms. The molecule has 0 amide bonds. The molecule has 0 aliphatic heterocycles. The Balaban J connectivity index is 1.63. The lowest BCUT2D eigenvalue weighted by Crippen LogP contribution is -2.32. The van der Waals surface area contributed by atoms with E-state index in [-0.39, 0.29) is 5.75 Å². The van der Waals surface area contributed by atoms with E-state index in [4.69, 9.17) is 0 Å². The topological polar surface area (TPSA) is 65.7 Å². The van der Waals surface area contributed by atoms with Crippen molar-refractivity contribution in [3.63, 3.8) is 0 Å². The molecule has 0 bridgehead atoms. The molecule has 4 aromatic rings. The van der Waals surface area contributed by atoms with Gasteiger partial charge in [0.2, 0.25) is 0 Å². The molecule has 2 aromatic carbocycles. The Morgan fingerprint density at radius 3 is 2.19 bits per heavy atom. The largest absolute Gasteiger partial charge is 0.484 e. The minimum absolute atomic E-state index is 0.0158. The summed E-state index contributed by atoms with van der Waals surface area (Å²) in [5.74, 6) is -7.71. The number of ether oxygens (including phenoxy) is 1. The summed E-state index contributed by atoms with van der Waals surface area (Å²) in [5, 5.41) is 10.5. The second-order valence-corrected chi connectivity index (χ2v) is 8.16. The molecule has 0 saturated carbocycles. The van der Waals surface area contributed by atoms with Gasteiger partial charge in [-0.05, 0) is 52.7 Å². The molecule has 194 valence electrons. The number of halogens is 7. The molecule has 0 saturated heterocycles. The number of hydrogen-bond acceptors (Lipinski definition) is 5. The minimum Gasteiger partial charge on any atom is -0.484 e. The van der Waals surface area contributed by atoms with Crippen LogP contribution in [-0.2, 0) is 5.92 Å². The average Bonchev–Trinajstić information content (AvgIpc) is 3.39. The van der Waals surface area contributed by atoms with Crippen LogP contribution in [0.1, 0.15) is 30.1 Å².